The molecule has 4 heterocycles. The van der Waals surface area contributed by atoms with Gasteiger partial charge in [0.25, 0.3) is 5.91 Å². The Morgan fingerprint density at radius 2 is 2.00 bits per heavy atom. The Bertz CT molecular complexity index is 864. The second-order valence-electron chi connectivity index (χ2n) is 9.16. The van der Waals surface area contributed by atoms with E-state index in [4.69, 9.17) is 0 Å². The molecule has 0 radical (unpaired) electrons. The van der Waals surface area contributed by atoms with Gasteiger partial charge in [-0.15, -0.1) is 0 Å². The minimum Gasteiger partial charge on any atom is -0.322 e. The first kappa shape index (κ1) is 18.8. The molecular formula is C22H28N4O3. The molecule has 29 heavy (non-hydrogen) atoms. The van der Waals surface area contributed by atoms with Gasteiger partial charge in [0, 0.05) is 50.1 Å². The number of likely N-dealkylation sites (tertiary alicyclic amines) is 1. The van der Waals surface area contributed by atoms with Gasteiger partial charge in [-0.2, -0.15) is 0 Å². The van der Waals surface area contributed by atoms with E-state index in [1.165, 1.54) is 19.3 Å². The monoisotopic (exact) mass is 396 g/mol. The van der Waals surface area contributed by atoms with E-state index in [1.54, 1.807) is 4.90 Å². The van der Waals surface area contributed by atoms with Crippen LogP contribution in [0, 0.1) is 5.41 Å². The summed E-state index contributed by atoms with van der Waals surface area (Å²) in [4.78, 5) is 40.8. The molecule has 3 fully saturated rings. The number of carbonyl (C=O) groups is 3. The van der Waals surface area contributed by atoms with Crippen LogP contribution in [-0.4, -0.2) is 59.7 Å². The van der Waals surface area contributed by atoms with Gasteiger partial charge in [-0.3, -0.25) is 24.6 Å². The van der Waals surface area contributed by atoms with E-state index < -0.39 is 6.04 Å². The van der Waals surface area contributed by atoms with E-state index >= 15 is 0 Å². The maximum absolute atomic E-state index is 13.0. The number of piperidine rings is 1. The molecule has 1 spiro atoms. The van der Waals surface area contributed by atoms with Crippen LogP contribution in [0.2, 0.25) is 0 Å². The van der Waals surface area contributed by atoms with Crippen LogP contribution in [0.3, 0.4) is 0 Å². The number of benzene rings is 1. The molecule has 3 amide bonds. The van der Waals surface area contributed by atoms with Gasteiger partial charge >= 0.3 is 0 Å². The summed E-state index contributed by atoms with van der Waals surface area (Å²) in [5.41, 5.74) is 3.28. The zero-order valence-corrected chi connectivity index (χ0v) is 16.7. The summed E-state index contributed by atoms with van der Waals surface area (Å²) in [7, 11) is 0. The van der Waals surface area contributed by atoms with Gasteiger partial charge in [-0.1, -0.05) is 18.6 Å². The maximum atomic E-state index is 13.0. The van der Waals surface area contributed by atoms with Gasteiger partial charge in [-0.05, 0) is 43.0 Å². The largest absolute Gasteiger partial charge is 0.322 e. The number of carbonyl (C=O) groups excluding carboxylic acids is 3. The predicted octanol–water partition coefficient (Wildman–Crippen LogP) is 1.02. The summed E-state index contributed by atoms with van der Waals surface area (Å²) in [5, 5.41) is 5.80. The number of fused-ring (bicyclic) bond motifs is 1. The second kappa shape index (κ2) is 7.22. The normalized spacial score (nSPS) is 26.8. The smallest absolute Gasteiger partial charge is 0.255 e. The van der Waals surface area contributed by atoms with Crippen LogP contribution in [-0.2, 0) is 22.7 Å². The zero-order valence-electron chi connectivity index (χ0n) is 16.7. The molecule has 5 rings (SSSR count). The first-order chi connectivity index (χ1) is 14.0. The Kier molecular flexibility index (Phi) is 4.67. The standard InChI is InChI=1S/C22H28N4O3/c27-19-6-5-18(20(28)24-19)26-11-16-4-3-15(9-17(16)21(26)29)10-25-8-2-1-7-22(14-25)12-23-13-22/h3-4,9,18,23H,1-2,5-8,10-14H2,(H,24,27,28). The van der Waals surface area contributed by atoms with Gasteiger partial charge in [0.1, 0.15) is 6.04 Å². The van der Waals surface area contributed by atoms with Crippen molar-refractivity contribution < 1.29 is 14.4 Å². The highest BCUT2D eigenvalue weighted by Crippen LogP contribution is 2.34. The van der Waals surface area contributed by atoms with Crippen molar-refractivity contribution >= 4 is 17.7 Å². The van der Waals surface area contributed by atoms with Crippen molar-refractivity contribution in [1.82, 2.24) is 20.4 Å². The third kappa shape index (κ3) is 3.46. The molecule has 0 aromatic heterocycles. The molecule has 1 aromatic rings. The molecule has 4 aliphatic rings. The van der Waals surface area contributed by atoms with E-state index in [-0.39, 0.29) is 24.1 Å². The molecule has 0 bridgehead atoms. The summed E-state index contributed by atoms with van der Waals surface area (Å²) in [5.74, 6) is -0.701. The summed E-state index contributed by atoms with van der Waals surface area (Å²) < 4.78 is 0. The average Bonchev–Trinajstić information content (AvgIpc) is 2.85. The Labute approximate surface area is 170 Å². The first-order valence-electron chi connectivity index (χ1n) is 10.7. The Morgan fingerprint density at radius 3 is 2.76 bits per heavy atom. The molecular weight excluding hydrogens is 368 g/mol. The summed E-state index contributed by atoms with van der Waals surface area (Å²) >= 11 is 0. The van der Waals surface area contributed by atoms with Gasteiger partial charge in [0.2, 0.25) is 11.8 Å². The molecule has 1 aromatic carbocycles. The van der Waals surface area contributed by atoms with E-state index in [1.807, 2.05) is 12.1 Å². The number of nitrogens with one attached hydrogen (secondary N) is 2. The van der Waals surface area contributed by atoms with Crippen LogP contribution in [0.25, 0.3) is 0 Å². The van der Waals surface area contributed by atoms with Crippen molar-refractivity contribution in [1.29, 1.82) is 0 Å². The lowest BCUT2D eigenvalue weighted by Gasteiger charge is -2.44. The number of hydrogen-bond donors (Lipinski definition) is 2. The van der Waals surface area contributed by atoms with Crippen LogP contribution in [0.15, 0.2) is 18.2 Å². The van der Waals surface area contributed by atoms with Crippen LogP contribution in [0.4, 0.5) is 0 Å². The van der Waals surface area contributed by atoms with E-state index in [2.05, 4.69) is 21.6 Å². The van der Waals surface area contributed by atoms with E-state index in [0.717, 1.165) is 43.9 Å². The number of imide groups is 1. The number of nitrogens with zero attached hydrogens (tertiary/aromatic N) is 2. The topological polar surface area (TPSA) is 81.8 Å². The van der Waals surface area contributed by atoms with Crippen molar-refractivity contribution in [2.45, 2.75) is 51.2 Å². The lowest BCUT2D eigenvalue weighted by Crippen LogP contribution is -2.57. The second-order valence-corrected chi connectivity index (χ2v) is 9.16. The van der Waals surface area contributed by atoms with Crippen molar-refractivity contribution in [2.24, 2.45) is 5.41 Å². The summed E-state index contributed by atoms with van der Waals surface area (Å²) in [6.45, 7) is 5.77. The molecule has 154 valence electrons. The third-order valence-electron chi connectivity index (χ3n) is 6.99. The van der Waals surface area contributed by atoms with Gasteiger partial charge < -0.3 is 10.2 Å². The Morgan fingerprint density at radius 1 is 1.14 bits per heavy atom. The molecule has 0 aliphatic carbocycles. The minimum atomic E-state index is -0.548. The third-order valence-corrected chi connectivity index (χ3v) is 6.99. The van der Waals surface area contributed by atoms with Crippen molar-refractivity contribution in [3.63, 3.8) is 0 Å². The van der Waals surface area contributed by atoms with Crippen molar-refractivity contribution in [2.75, 3.05) is 26.2 Å². The Hall–Kier alpha value is -2.25. The van der Waals surface area contributed by atoms with Crippen LogP contribution in [0.1, 0.15) is 53.6 Å². The predicted molar refractivity (Wildman–Crippen MR) is 107 cm³/mol. The van der Waals surface area contributed by atoms with Crippen LogP contribution < -0.4 is 10.6 Å². The van der Waals surface area contributed by atoms with Crippen LogP contribution in [0.5, 0.6) is 0 Å². The fraction of sp³-hybridized carbons (Fsp3) is 0.591. The van der Waals surface area contributed by atoms with Crippen molar-refractivity contribution in [3.05, 3.63) is 34.9 Å². The highest BCUT2D eigenvalue weighted by atomic mass is 16.2. The fourth-order valence-corrected chi connectivity index (χ4v) is 5.33. The molecule has 0 saturated carbocycles. The molecule has 1 unspecified atom stereocenters. The fourth-order valence-electron chi connectivity index (χ4n) is 5.33. The van der Waals surface area contributed by atoms with Gasteiger partial charge in [0.15, 0.2) is 0 Å². The first-order valence-corrected chi connectivity index (χ1v) is 10.7. The molecule has 3 saturated heterocycles. The minimum absolute atomic E-state index is 0.0909. The number of amides is 3. The zero-order chi connectivity index (χ0) is 20.0. The Balaban J connectivity index is 1.30. The summed E-state index contributed by atoms with van der Waals surface area (Å²) in [6, 6.07) is 5.62. The van der Waals surface area contributed by atoms with E-state index in [9.17, 15) is 14.4 Å². The maximum Gasteiger partial charge on any atom is 0.255 e. The molecule has 4 aliphatic heterocycles. The number of hydrogen-bond acceptors (Lipinski definition) is 5. The SMILES string of the molecule is O=C1CCC(N2Cc3ccc(CN4CCCCC5(CNC5)C4)cc3C2=O)C(=O)N1. The molecule has 7 heteroatoms. The van der Waals surface area contributed by atoms with Gasteiger partial charge in [-0.25, -0.2) is 0 Å². The highest BCUT2D eigenvalue weighted by Gasteiger charge is 2.40. The highest BCUT2D eigenvalue weighted by molar-refractivity contribution is 6.05. The molecule has 7 nitrogen and oxygen atoms in total. The molecule has 1 atom stereocenters. The lowest BCUT2D eigenvalue weighted by atomic mass is 9.77. The van der Waals surface area contributed by atoms with E-state index in [0.29, 0.717) is 23.9 Å². The number of rotatable bonds is 3. The van der Waals surface area contributed by atoms with Crippen LogP contribution >= 0.6 is 0 Å². The average molecular weight is 396 g/mol. The van der Waals surface area contributed by atoms with Gasteiger partial charge in [0.05, 0.1) is 0 Å². The lowest BCUT2D eigenvalue weighted by molar-refractivity contribution is -0.136. The summed E-state index contributed by atoms with van der Waals surface area (Å²) in [6.07, 6.45) is 4.52. The molecule has 2 N–H and O–H groups in total. The van der Waals surface area contributed by atoms with Crippen molar-refractivity contribution in [3.8, 4) is 0 Å². The quantitative estimate of drug-likeness (QED) is 0.746.